The number of aromatic amines is 2. The zero-order chi connectivity index (χ0) is 35.8. The Bertz CT molecular complexity index is 2010. The third-order valence-electron chi connectivity index (χ3n) is 10.1. The number of hydrogen-bond acceptors (Lipinski definition) is 5. The van der Waals surface area contributed by atoms with Crippen molar-refractivity contribution >= 4 is 41.9 Å². The van der Waals surface area contributed by atoms with E-state index in [1.807, 2.05) is 0 Å². The maximum Gasteiger partial charge on any atom is 0.407 e. The minimum absolute atomic E-state index is 0.0543. The van der Waals surface area contributed by atoms with Gasteiger partial charge < -0.3 is 25.1 Å². The summed E-state index contributed by atoms with van der Waals surface area (Å²) in [5, 5.41) is 13.2. The summed E-state index contributed by atoms with van der Waals surface area (Å²) in [5.74, 6) is -1.59. The summed E-state index contributed by atoms with van der Waals surface area (Å²) in [4.78, 5) is 37.6. The fourth-order valence-electron chi connectivity index (χ4n) is 7.28. The SMILES string of the molecule is COC(=O)N[C@H](C(=O)O)C(C)C.C[Si]1(C)CC[C@H](c2nc3c(ccc4cc(-c5ccc(-c6cnc([C@H]7CCC(F)(F)C7)[nH]6)cc5)ccc43)[nH]2)C1. The highest BCUT2D eigenvalue weighted by Crippen LogP contribution is 2.44. The van der Waals surface area contributed by atoms with E-state index >= 15 is 0 Å². The van der Waals surface area contributed by atoms with Crippen molar-refractivity contribution in [2.45, 2.75) is 88.5 Å². The van der Waals surface area contributed by atoms with E-state index in [1.165, 1.54) is 36.4 Å². The predicted molar refractivity (Wildman–Crippen MR) is 194 cm³/mol. The standard InChI is InChI=1S/C31H32F2N4Si.C7H13NO4/c1-38(2)14-12-24(18-38)30-35-26-10-8-22-15-21(7-9-25(22)28(26)37-30)19-3-5-20(6-4-19)27-17-34-29(36-27)23-11-13-31(32,33)16-23;1-4(2)5(6(9)10)8-7(11)12-3/h3-10,15,17,23-24H,11-14,16,18H2,1-2H3,(H,34,36)(H,35,37);4-5H,1-3H3,(H,8,11)(H,9,10)/t23-,24-;5-/m00/s1. The van der Waals surface area contributed by atoms with Gasteiger partial charge in [0.25, 0.3) is 0 Å². The molecule has 5 aromatic rings. The molecule has 0 spiro atoms. The van der Waals surface area contributed by atoms with E-state index < -0.39 is 32.1 Å². The first-order valence-corrected chi connectivity index (χ1v) is 20.7. The smallest absolute Gasteiger partial charge is 0.407 e. The zero-order valence-corrected chi connectivity index (χ0v) is 30.1. The lowest BCUT2D eigenvalue weighted by Crippen LogP contribution is -2.44. The number of fused-ring (bicyclic) bond motifs is 3. The van der Waals surface area contributed by atoms with E-state index in [1.54, 1.807) is 20.0 Å². The van der Waals surface area contributed by atoms with Gasteiger partial charge in [-0.25, -0.2) is 28.3 Å². The van der Waals surface area contributed by atoms with Crippen molar-refractivity contribution in [1.29, 1.82) is 0 Å². The van der Waals surface area contributed by atoms with E-state index in [0.29, 0.717) is 18.2 Å². The number of carbonyl (C=O) groups is 2. The first-order chi connectivity index (χ1) is 23.7. The molecule has 2 aromatic heterocycles. The van der Waals surface area contributed by atoms with Crippen molar-refractivity contribution in [2.24, 2.45) is 5.92 Å². The number of halogens is 2. The van der Waals surface area contributed by atoms with Crippen LogP contribution in [0.15, 0.2) is 60.8 Å². The summed E-state index contributed by atoms with van der Waals surface area (Å²) in [7, 11) is 0.126. The van der Waals surface area contributed by atoms with Gasteiger partial charge in [0.1, 0.15) is 17.7 Å². The molecule has 1 saturated carbocycles. The van der Waals surface area contributed by atoms with Crippen LogP contribution < -0.4 is 5.32 Å². The summed E-state index contributed by atoms with van der Waals surface area (Å²) in [6.45, 7) is 8.39. The molecule has 2 fully saturated rings. The molecule has 7 rings (SSSR count). The van der Waals surface area contributed by atoms with Crippen LogP contribution >= 0.6 is 0 Å². The number of carbonyl (C=O) groups excluding carboxylic acids is 1. The van der Waals surface area contributed by atoms with E-state index in [0.717, 1.165) is 39.2 Å². The van der Waals surface area contributed by atoms with E-state index in [-0.39, 0.29) is 24.7 Å². The molecule has 3 atom stereocenters. The molecular formula is C38H45F2N5O4Si. The van der Waals surface area contributed by atoms with Gasteiger partial charge in [-0.2, -0.15) is 0 Å². The van der Waals surface area contributed by atoms with Gasteiger partial charge in [-0.1, -0.05) is 75.5 Å². The summed E-state index contributed by atoms with van der Waals surface area (Å²) in [6.07, 6.45) is 2.60. The lowest BCUT2D eigenvalue weighted by molar-refractivity contribution is -0.140. The average Bonchev–Trinajstić information content (AvgIpc) is 3.88. The molecule has 2 aliphatic rings. The minimum Gasteiger partial charge on any atom is -0.480 e. The van der Waals surface area contributed by atoms with Gasteiger partial charge in [-0.15, -0.1) is 0 Å². The number of carboxylic acid groups (broad SMARTS) is 1. The third-order valence-corrected chi connectivity index (χ3v) is 13.4. The normalized spacial score (nSPS) is 20.1. The van der Waals surface area contributed by atoms with Crippen LogP contribution in [-0.4, -0.2) is 64.3 Å². The number of H-pyrrole nitrogens is 2. The van der Waals surface area contributed by atoms with Crippen LogP contribution in [-0.2, 0) is 9.53 Å². The molecule has 0 radical (unpaired) electrons. The second-order valence-corrected chi connectivity index (χ2v) is 20.1. The van der Waals surface area contributed by atoms with Crippen LogP contribution in [0.1, 0.15) is 63.0 Å². The number of aromatic nitrogens is 4. The zero-order valence-electron chi connectivity index (χ0n) is 29.1. The summed E-state index contributed by atoms with van der Waals surface area (Å²) >= 11 is 0. The van der Waals surface area contributed by atoms with Gasteiger partial charge in [0.15, 0.2) is 0 Å². The van der Waals surface area contributed by atoms with E-state index in [9.17, 15) is 18.4 Å². The first kappa shape index (κ1) is 35.3. The monoisotopic (exact) mass is 701 g/mol. The number of rotatable bonds is 7. The number of nitrogens with one attached hydrogen (secondary N) is 3. The minimum atomic E-state index is -2.57. The highest BCUT2D eigenvalue weighted by molar-refractivity contribution is 6.78. The molecule has 1 amide bonds. The molecule has 3 heterocycles. The van der Waals surface area contributed by atoms with E-state index in [2.05, 4.69) is 92.7 Å². The van der Waals surface area contributed by atoms with Crippen molar-refractivity contribution in [3.8, 4) is 22.4 Å². The Balaban J connectivity index is 0.000000311. The Morgan fingerprint density at radius 3 is 2.32 bits per heavy atom. The number of imidazole rings is 2. The number of benzene rings is 3. The lowest BCUT2D eigenvalue weighted by atomic mass is 9.99. The topological polar surface area (TPSA) is 133 Å². The molecule has 1 aliphatic heterocycles. The fourth-order valence-corrected chi connectivity index (χ4v) is 10.3. The highest BCUT2D eigenvalue weighted by atomic mass is 28.3. The molecule has 4 N–H and O–H groups in total. The predicted octanol–water partition coefficient (Wildman–Crippen LogP) is 9.32. The van der Waals surface area contributed by atoms with Crippen LogP contribution in [0.25, 0.3) is 44.2 Å². The molecule has 3 aromatic carbocycles. The summed E-state index contributed by atoms with van der Waals surface area (Å²) in [6, 6.07) is 21.1. The molecule has 264 valence electrons. The summed E-state index contributed by atoms with van der Waals surface area (Å²) in [5.41, 5.74) is 6.34. The molecule has 0 bridgehead atoms. The number of hydrogen-bond donors (Lipinski definition) is 4. The van der Waals surface area contributed by atoms with Crippen molar-refractivity contribution in [3.05, 3.63) is 72.4 Å². The maximum absolute atomic E-state index is 13.6. The maximum atomic E-state index is 13.6. The van der Waals surface area contributed by atoms with Crippen LogP contribution in [0, 0.1) is 5.92 Å². The van der Waals surface area contributed by atoms with Gasteiger partial charge in [-0.05, 0) is 59.0 Å². The number of alkyl carbamates (subject to hydrolysis) is 1. The number of carboxylic acids is 1. The molecule has 1 saturated heterocycles. The number of alkyl halides is 2. The van der Waals surface area contributed by atoms with Crippen molar-refractivity contribution in [2.75, 3.05) is 7.11 Å². The number of aliphatic carboxylic acids is 1. The van der Waals surface area contributed by atoms with Gasteiger partial charge >= 0.3 is 12.1 Å². The molecular weight excluding hydrogens is 657 g/mol. The van der Waals surface area contributed by atoms with Crippen LogP contribution in [0.2, 0.25) is 25.2 Å². The van der Waals surface area contributed by atoms with Crippen LogP contribution in [0.5, 0.6) is 0 Å². The Kier molecular flexibility index (Phi) is 9.85. The number of methoxy groups -OCH3 is 1. The Labute approximate surface area is 291 Å². The highest BCUT2D eigenvalue weighted by Gasteiger charge is 2.41. The molecule has 9 nitrogen and oxygen atoms in total. The second kappa shape index (κ2) is 14.0. The van der Waals surface area contributed by atoms with Gasteiger partial charge in [0.2, 0.25) is 5.92 Å². The van der Waals surface area contributed by atoms with Crippen LogP contribution in [0.3, 0.4) is 0 Å². The number of amides is 1. The molecule has 0 unspecified atom stereocenters. The molecule has 12 heteroatoms. The van der Waals surface area contributed by atoms with Crippen LogP contribution in [0.4, 0.5) is 13.6 Å². The quantitative estimate of drug-likeness (QED) is 0.125. The molecule has 50 heavy (non-hydrogen) atoms. The fraction of sp³-hybridized carbons (Fsp3) is 0.421. The average molecular weight is 702 g/mol. The van der Waals surface area contributed by atoms with Crippen molar-refractivity contribution < 1.29 is 28.2 Å². The van der Waals surface area contributed by atoms with Crippen molar-refractivity contribution in [3.63, 3.8) is 0 Å². The van der Waals surface area contributed by atoms with Gasteiger partial charge in [0, 0.05) is 38.1 Å². The molecule has 1 aliphatic carbocycles. The number of ether oxygens (including phenoxy) is 1. The van der Waals surface area contributed by atoms with Crippen molar-refractivity contribution in [1.82, 2.24) is 25.3 Å². The largest absolute Gasteiger partial charge is 0.480 e. The Hall–Kier alpha value is -4.58. The third kappa shape index (κ3) is 7.75. The summed E-state index contributed by atoms with van der Waals surface area (Å²) < 4.78 is 31.5. The Morgan fingerprint density at radius 1 is 0.980 bits per heavy atom. The van der Waals surface area contributed by atoms with E-state index in [4.69, 9.17) is 10.1 Å². The van der Waals surface area contributed by atoms with Gasteiger partial charge in [0.05, 0.1) is 30.0 Å². The lowest BCUT2D eigenvalue weighted by Gasteiger charge is -2.16. The Morgan fingerprint density at radius 2 is 1.70 bits per heavy atom. The number of nitrogens with zero attached hydrogens (tertiary/aromatic N) is 2. The second-order valence-electron chi connectivity index (χ2n) is 14.9. The van der Waals surface area contributed by atoms with Gasteiger partial charge in [-0.3, -0.25) is 0 Å². The first-order valence-electron chi connectivity index (χ1n) is 17.2.